The molecule has 5 heterocycles. The van der Waals surface area contributed by atoms with Gasteiger partial charge in [-0.15, -0.1) is 0 Å². The molecule has 3 N–H and O–H groups in total. The molecule has 0 atom stereocenters. The molecule has 5 aromatic heterocycles. The summed E-state index contributed by atoms with van der Waals surface area (Å²) >= 11 is 0. The number of nitrogens with one attached hydrogen (secondary N) is 2. The van der Waals surface area contributed by atoms with Crippen molar-refractivity contribution < 1.29 is 27.0 Å². The van der Waals surface area contributed by atoms with Crippen LogP contribution in [0.2, 0.25) is 0 Å². The van der Waals surface area contributed by atoms with Crippen LogP contribution in [0.25, 0.3) is 33.8 Å². The number of pyridine rings is 2. The number of rotatable bonds is 10. The van der Waals surface area contributed by atoms with E-state index in [1.165, 1.54) is 31.6 Å². The molecular weight excluding hydrogens is 751 g/mol. The van der Waals surface area contributed by atoms with Crippen molar-refractivity contribution in [1.82, 2.24) is 28.7 Å². The second-order valence-electron chi connectivity index (χ2n) is 13.2. The molecule has 15 heteroatoms. The van der Waals surface area contributed by atoms with Gasteiger partial charge in [-0.25, -0.2) is 32.2 Å². The van der Waals surface area contributed by atoms with Crippen LogP contribution in [-0.2, 0) is 22.9 Å². The van der Waals surface area contributed by atoms with Crippen LogP contribution < -0.4 is 15.4 Å². The lowest BCUT2D eigenvalue weighted by Crippen LogP contribution is -2.05. The van der Waals surface area contributed by atoms with E-state index in [1.807, 2.05) is 60.8 Å². The van der Waals surface area contributed by atoms with Gasteiger partial charge in [0.2, 0.25) is 0 Å². The van der Waals surface area contributed by atoms with Crippen molar-refractivity contribution in [3.63, 3.8) is 0 Å². The number of aromatic hydroxyl groups is 1. The molecule has 0 unspecified atom stereocenters. The lowest BCUT2D eigenvalue weighted by molar-refractivity contribution is 0.386. The Kier molecular flexibility index (Phi) is 10.8. The van der Waals surface area contributed by atoms with E-state index in [0.717, 1.165) is 39.4 Å². The molecule has 0 radical (unpaired) electrons. The van der Waals surface area contributed by atoms with Gasteiger partial charge >= 0.3 is 0 Å². The van der Waals surface area contributed by atoms with Gasteiger partial charge in [-0.05, 0) is 97.8 Å². The standard InChI is InChI=1S/C21H19FN4O3S.C21H19FN4O/c1-13-19(15-6-7-18(27)17(22)11-15)26-9-8-23-20(21(26)25-13)24-12-14-4-3-5-16(10-14)30(2,28)29;1-14-20(16-5-6-19(27-2)17(22)12-16)26-11-3-4-18(21(26)25-14)24-13-15-7-9-23-10-8-15/h3-11,27H,12H2,1-2H3,(H,23,24);3-12,24H,13H2,1-2H3. The molecule has 0 aliphatic heterocycles. The van der Waals surface area contributed by atoms with Crippen molar-refractivity contribution in [2.24, 2.45) is 0 Å². The summed E-state index contributed by atoms with van der Waals surface area (Å²) in [6.45, 7) is 4.76. The van der Waals surface area contributed by atoms with E-state index in [-0.39, 0.29) is 10.6 Å². The van der Waals surface area contributed by atoms with Crippen molar-refractivity contribution in [2.75, 3.05) is 24.0 Å². The number of nitrogens with zero attached hydrogens (tertiary/aromatic N) is 6. The zero-order chi connectivity index (χ0) is 40.3. The molecule has 0 saturated heterocycles. The fourth-order valence-electron chi connectivity index (χ4n) is 6.47. The minimum atomic E-state index is -3.29. The number of ether oxygens (including phenoxy) is 1. The Labute approximate surface area is 327 Å². The van der Waals surface area contributed by atoms with E-state index in [2.05, 4.69) is 25.6 Å². The van der Waals surface area contributed by atoms with E-state index >= 15 is 0 Å². The van der Waals surface area contributed by atoms with Crippen LogP contribution >= 0.6 is 0 Å². The molecule has 0 fully saturated rings. The summed E-state index contributed by atoms with van der Waals surface area (Å²) < 4.78 is 60.4. The minimum Gasteiger partial charge on any atom is -0.505 e. The Morgan fingerprint density at radius 2 is 1.40 bits per heavy atom. The SMILES string of the molecule is COc1ccc(-c2c(C)nc3c(NCc4ccncc4)cccn23)cc1F.Cc1nc2c(NCc3cccc(S(C)(=O)=O)c3)nccn2c1-c1ccc(O)c(F)c1. The van der Waals surface area contributed by atoms with Crippen LogP contribution in [0.15, 0.2) is 121 Å². The van der Waals surface area contributed by atoms with Crippen LogP contribution in [-0.4, -0.2) is 55.6 Å². The van der Waals surface area contributed by atoms with Gasteiger partial charge in [-0.1, -0.05) is 12.1 Å². The number of anilines is 2. The number of aryl methyl sites for hydroxylation is 2. The van der Waals surface area contributed by atoms with Gasteiger partial charge in [0, 0.05) is 61.5 Å². The summed E-state index contributed by atoms with van der Waals surface area (Å²) in [6.07, 6.45) is 9.98. The summed E-state index contributed by atoms with van der Waals surface area (Å²) in [6, 6.07) is 23.7. The maximum atomic E-state index is 14.2. The van der Waals surface area contributed by atoms with E-state index < -0.39 is 27.2 Å². The van der Waals surface area contributed by atoms with Crippen LogP contribution in [0.4, 0.5) is 20.3 Å². The number of sulfone groups is 1. The Bertz CT molecular complexity index is 2850. The number of hydrogen-bond acceptors (Lipinski definition) is 10. The van der Waals surface area contributed by atoms with Gasteiger partial charge in [-0.3, -0.25) is 13.8 Å². The molecule has 0 saturated carbocycles. The predicted octanol–water partition coefficient (Wildman–Crippen LogP) is 8.03. The summed E-state index contributed by atoms with van der Waals surface area (Å²) in [7, 11) is -1.83. The van der Waals surface area contributed by atoms with Crippen molar-refractivity contribution >= 4 is 32.6 Å². The zero-order valence-corrected chi connectivity index (χ0v) is 32.2. The number of imidazole rings is 2. The second-order valence-corrected chi connectivity index (χ2v) is 15.2. The van der Waals surface area contributed by atoms with Crippen molar-refractivity contribution in [3.05, 3.63) is 150 Å². The van der Waals surface area contributed by atoms with Gasteiger partial charge < -0.3 is 20.5 Å². The molecule has 8 rings (SSSR count). The number of methoxy groups -OCH3 is 1. The Balaban J connectivity index is 0.000000175. The number of phenols is 1. The maximum absolute atomic E-state index is 14.2. The molecule has 0 aliphatic carbocycles. The average molecular weight is 789 g/mol. The number of halogens is 2. The third-order valence-electron chi connectivity index (χ3n) is 9.21. The van der Waals surface area contributed by atoms with Gasteiger partial charge in [0.05, 0.1) is 40.5 Å². The van der Waals surface area contributed by atoms with Gasteiger partial charge in [-0.2, -0.15) is 0 Å². The summed E-state index contributed by atoms with van der Waals surface area (Å²) in [5.74, 6) is -0.775. The molecule has 3 aromatic carbocycles. The van der Waals surface area contributed by atoms with Crippen LogP contribution in [0.1, 0.15) is 22.5 Å². The number of fused-ring (bicyclic) bond motifs is 2. The molecular formula is C42H38F2N8O4S. The fraction of sp³-hybridized carbons (Fsp3) is 0.143. The fourth-order valence-corrected chi connectivity index (χ4v) is 7.16. The molecule has 0 amide bonds. The van der Waals surface area contributed by atoms with E-state index in [9.17, 15) is 22.3 Å². The summed E-state index contributed by atoms with van der Waals surface area (Å²) in [4.78, 5) is 17.9. The van der Waals surface area contributed by atoms with Crippen molar-refractivity contribution in [3.8, 4) is 34.0 Å². The number of benzene rings is 3. The molecule has 8 aromatic rings. The highest BCUT2D eigenvalue weighted by molar-refractivity contribution is 7.90. The molecule has 0 aliphatic rings. The van der Waals surface area contributed by atoms with Crippen LogP contribution in [0.3, 0.4) is 0 Å². The van der Waals surface area contributed by atoms with Gasteiger partial charge in [0.15, 0.2) is 50.1 Å². The Morgan fingerprint density at radius 3 is 2.09 bits per heavy atom. The lowest BCUT2D eigenvalue weighted by Gasteiger charge is -2.09. The van der Waals surface area contributed by atoms with Crippen molar-refractivity contribution in [1.29, 1.82) is 0 Å². The highest BCUT2D eigenvalue weighted by Gasteiger charge is 2.18. The second kappa shape index (κ2) is 16.1. The maximum Gasteiger partial charge on any atom is 0.180 e. The summed E-state index contributed by atoms with van der Waals surface area (Å²) in [5.41, 5.74) is 8.57. The third kappa shape index (κ3) is 8.23. The first kappa shape index (κ1) is 38.4. The van der Waals surface area contributed by atoms with Gasteiger partial charge in [0.1, 0.15) is 0 Å². The Hall–Kier alpha value is -6.87. The summed E-state index contributed by atoms with van der Waals surface area (Å²) in [5, 5.41) is 16.1. The zero-order valence-electron chi connectivity index (χ0n) is 31.4. The number of aromatic nitrogens is 6. The largest absolute Gasteiger partial charge is 0.505 e. The normalized spacial score (nSPS) is 11.3. The topological polar surface area (TPSA) is 148 Å². The first-order chi connectivity index (χ1) is 27.4. The molecule has 12 nitrogen and oxygen atoms in total. The highest BCUT2D eigenvalue weighted by Crippen LogP contribution is 2.32. The quantitative estimate of drug-likeness (QED) is 0.124. The smallest absolute Gasteiger partial charge is 0.180 e. The van der Waals surface area contributed by atoms with E-state index in [0.29, 0.717) is 41.5 Å². The number of phenolic OH excluding ortho intramolecular Hbond substituents is 1. The van der Waals surface area contributed by atoms with Crippen LogP contribution in [0.5, 0.6) is 11.5 Å². The predicted molar refractivity (Wildman–Crippen MR) is 215 cm³/mol. The number of hydrogen-bond donors (Lipinski definition) is 3. The van der Waals surface area contributed by atoms with Gasteiger partial charge in [0.25, 0.3) is 0 Å². The van der Waals surface area contributed by atoms with E-state index in [1.54, 1.807) is 59.5 Å². The minimum absolute atomic E-state index is 0.227. The molecule has 0 bridgehead atoms. The molecule has 290 valence electrons. The molecule has 0 spiro atoms. The first-order valence-corrected chi connectivity index (χ1v) is 19.6. The average Bonchev–Trinajstić information content (AvgIpc) is 3.73. The Morgan fingerprint density at radius 1 is 0.737 bits per heavy atom. The molecule has 57 heavy (non-hydrogen) atoms. The third-order valence-corrected chi connectivity index (χ3v) is 10.3. The monoisotopic (exact) mass is 788 g/mol. The highest BCUT2D eigenvalue weighted by atomic mass is 32.2. The van der Waals surface area contributed by atoms with Crippen LogP contribution in [0, 0.1) is 25.5 Å². The first-order valence-electron chi connectivity index (χ1n) is 17.7. The van der Waals surface area contributed by atoms with Crippen molar-refractivity contribution in [2.45, 2.75) is 31.8 Å². The lowest BCUT2D eigenvalue weighted by atomic mass is 10.1. The van der Waals surface area contributed by atoms with E-state index in [4.69, 9.17) is 9.72 Å².